The lowest BCUT2D eigenvalue weighted by Crippen LogP contribution is -2.40. The molecule has 1 rings (SSSR count). The molecule has 2 nitrogen and oxygen atoms in total. The predicted molar refractivity (Wildman–Crippen MR) is 37.5 cm³/mol. The van der Waals surface area contributed by atoms with Crippen molar-refractivity contribution in [3.63, 3.8) is 0 Å². The first-order chi connectivity index (χ1) is 3.80. The Bertz CT molecular complexity index is 66.8. The SMILES string of the molecule is NN1CCCCC1Br. The van der Waals surface area contributed by atoms with E-state index in [1.165, 1.54) is 19.3 Å². The number of rotatable bonds is 0. The van der Waals surface area contributed by atoms with Crippen molar-refractivity contribution in [2.75, 3.05) is 6.54 Å². The molecule has 1 fully saturated rings. The smallest absolute Gasteiger partial charge is 0.0791 e. The summed E-state index contributed by atoms with van der Waals surface area (Å²) in [6, 6.07) is 0. The molecule has 0 bridgehead atoms. The molecule has 0 aromatic rings. The molecule has 0 aliphatic carbocycles. The van der Waals surface area contributed by atoms with Gasteiger partial charge in [-0.3, -0.25) is 5.84 Å². The Morgan fingerprint density at radius 3 is 2.62 bits per heavy atom. The minimum absolute atomic E-state index is 0.427. The van der Waals surface area contributed by atoms with Gasteiger partial charge in [-0.2, -0.15) is 0 Å². The Hall–Kier alpha value is 0.400. The zero-order valence-corrected chi connectivity index (χ0v) is 6.39. The minimum Gasteiger partial charge on any atom is -0.268 e. The summed E-state index contributed by atoms with van der Waals surface area (Å²) < 4.78 is 0. The molecular formula is C5H11BrN2. The van der Waals surface area contributed by atoms with Crippen LogP contribution < -0.4 is 5.84 Å². The summed E-state index contributed by atoms with van der Waals surface area (Å²) in [7, 11) is 0. The number of hydrazine groups is 1. The van der Waals surface area contributed by atoms with E-state index < -0.39 is 0 Å². The van der Waals surface area contributed by atoms with E-state index in [0.717, 1.165) is 6.54 Å². The third-order valence-corrected chi connectivity index (χ3v) is 2.45. The second-order valence-corrected chi connectivity index (χ2v) is 3.23. The Kier molecular flexibility index (Phi) is 2.28. The highest BCUT2D eigenvalue weighted by Gasteiger charge is 2.14. The van der Waals surface area contributed by atoms with Gasteiger partial charge in [0.25, 0.3) is 0 Å². The molecule has 2 N–H and O–H groups in total. The number of nitrogens with zero attached hydrogens (tertiary/aromatic N) is 1. The first-order valence-electron chi connectivity index (χ1n) is 2.96. The van der Waals surface area contributed by atoms with E-state index in [-0.39, 0.29) is 0 Å². The van der Waals surface area contributed by atoms with E-state index in [4.69, 9.17) is 5.84 Å². The molecule has 0 spiro atoms. The van der Waals surface area contributed by atoms with Crippen LogP contribution in [0.15, 0.2) is 0 Å². The zero-order valence-electron chi connectivity index (χ0n) is 4.81. The molecule has 48 valence electrons. The van der Waals surface area contributed by atoms with Crippen LogP contribution in [0.2, 0.25) is 0 Å². The molecular weight excluding hydrogens is 168 g/mol. The van der Waals surface area contributed by atoms with Crippen molar-refractivity contribution < 1.29 is 0 Å². The van der Waals surface area contributed by atoms with Crippen LogP contribution in [0.5, 0.6) is 0 Å². The number of halogens is 1. The molecule has 0 amide bonds. The van der Waals surface area contributed by atoms with Crippen molar-refractivity contribution in [3.05, 3.63) is 0 Å². The van der Waals surface area contributed by atoms with E-state index in [9.17, 15) is 0 Å². The highest BCUT2D eigenvalue weighted by molar-refractivity contribution is 9.09. The fourth-order valence-electron chi connectivity index (χ4n) is 0.913. The lowest BCUT2D eigenvalue weighted by atomic mass is 10.2. The number of alkyl halides is 1. The Morgan fingerprint density at radius 1 is 1.50 bits per heavy atom. The van der Waals surface area contributed by atoms with Crippen molar-refractivity contribution in [1.82, 2.24) is 5.01 Å². The van der Waals surface area contributed by atoms with Crippen molar-refractivity contribution in [2.45, 2.75) is 24.2 Å². The van der Waals surface area contributed by atoms with Crippen LogP contribution in [0.4, 0.5) is 0 Å². The summed E-state index contributed by atoms with van der Waals surface area (Å²) in [5, 5.41) is 1.85. The number of piperidine rings is 1. The number of hydrogen-bond donors (Lipinski definition) is 1. The number of hydrogen-bond acceptors (Lipinski definition) is 2. The Labute approximate surface area is 58.1 Å². The lowest BCUT2D eigenvalue weighted by Gasteiger charge is -2.26. The molecule has 3 heteroatoms. The predicted octanol–water partition coefficient (Wildman–Crippen LogP) is 1.07. The molecule has 1 atom stereocenters. The molecule has 0 aromatic heterocycles. The summed E-state index contributed by atoms with van der Waals surface area (Å²) in [4.78, 5) is 0.427. The minimum atomic E-state index is 0.427. The van der Waals surface area contributed by atoms with Gasteiger partial charge in [0.15, 0.2) is 0 Å². The van der Waals surface area contributed by atoms with Crippen molar-refractivity contribution in [2.24, 2.45) is 5.84 Å². The Morgan fingerprint density at radius 2 is 2.25 bits per heavy atom. The summed E-state index contributed by atoms with van der Waals surface area (Å²) in [6.45, 7) is 1.04. The van der Waals surface area contributed by atoms with Gasteiger partial charge in [-0.05, 0) is 19.3 Å². The third-order valence-electron chi connectivity index (χ3n) is 1.47. The van der Waals surface area contributed by atoms with Crippen molar-refractivity contribution >= 4 is 15.9 Å². The van der Waals surface area contributed by atoms with E-state index in [0.29, 0.717) is 4.95 Å². The number of nitrogens with two attached hydrogens (primary N) is 1. The van der Waals surface area contributed by atoms with Crippen LogP contribution >= 0.6 is 15.9 Å². The highest BCUT2D eigenvalue weighted by atomic mass is 79.9. The summed E-state index contributed by atoms with van der Waals surface area (Å²) in [5.41, 5.74) is 0. The Balaban J connectivity index is 2.28. The van der Waals surface area contributed by atoms with Crippen molar-refractivity contribution in [1.29, 1.82) is 0 Å². The summed E-state index contributed by atoms with van der Waals surface area (Å²) in [6.07, 6.45) is 3.75. The monoisotopic (exact) mass is 178 g/mol. The molecule has 0 radical (unpaired) electrons. The van der Waals surface area contributed by atoms with Gasteiger partial charge < -0.3 is 0 Å². The first kappa shape index (κ1) is 6.52. The largest absolute Gasteiger partial charge is 0.268 e. The molecule has 0 aromatic carbocycles. The molecule has 1 aliphatic rings. The molecule has 8 heavy (non-hydrogen) atoms. The van der Waals surface area contributed by atoms with Crippen LogP contribution in [0.3, 0.4) is 0 Å². The van der Waals surface area contributed by atoms with E-state index in [1.54, 1.807) is 0 Å². The standard InChI is InChI=1S/C5H11BrN2/c6-5-3-1-2-4-8(5)7/h5H,1-4,7H2. The van der Waals surface area contributed by atoms with Crippen molar-refractivity contribution in [3.8, 4) is 0 Å². The molecule has 1 heterocycles. The molecule has 1 unspecified atom stereocenters. The van der Waals surface area contributed by atoms with Gasteiger partial charge in [0, 0.05) is 6.54 Å². The normalized spacial score (nSPS) is 33.0. The highest BCUT2D eigenvalue weighted by Crippen LogP contribution is 2.17. The van der Waals surface area contributed by atoms with Gasteiger partial charge in [0.2, 0.25) is 0 Å². The topological polar surface area (TPSA) is 29.3 Å². The third kappa shape index (κ3) is 1.44. The van der Waals surface area contributed by atoms with Gasteiger partial charge in [0.1, 0.15) is 0 Å². The molecule has 1 saturated heterocycles. The average Bonchev–Trinajstić information content (AvgIpc) is 1.77. The first-order valence-corrected chi connectivity index (χ1v) is 3.87. The van der Waals surface area contributed by atoms with Crippen LogP contribution in [0.1, 0.15) is 19.3 Å². The summed E-state index contributed by atoms with van der Waals surface area (Å²) in [5.74, 6) is 5.56. The maximum absolute atomic E-state index is 5.56. The second-order valence-electron chi connectivity index (χ2n) is 2.17. The van der Waals surface area contributed by atoms with Crippen LogP contribution in [-0.2, 0) is 0 Å². The maximum atomic E-state index is 5.56. The average molecular weight is 179 g/mol. The van der Waals surface area contributed by atoms with Gasteiger partial charge >= 0.3 is 0 Å². The maximum Gasteiger partial charge on any atom is 0.0791 e. The van der Waals surface area contributed by atoms with E-state index >= 15 is 0 Å². The second kappa shape index (κ2) is 2.80. The molecule has 0 saturated carbocycles. The van der Waals surface area contributed by atoms with Gasteiger partial charge in [-0.1, -0.05) is 15.9 Å². The molecule has 1 aliphatic heterocycles. The lowest BCUT2D eigenvalue weighted by molar-refractivity contribution is 0.216. The van der Waals surface area contributed by atoms with Crippen LogP contribution in [-0.4, -0.2) is 16.5 Å². The van der Waals surface area contributed by atoms with E-state index in [2.05, 4.69) is 15.9 Å². The zero-order chi connectivity index (χ0) is 5.98. The van der Waals surface area contributed by atoms with Gasteiger partial charge in [-0.25, -0.2) is 5.01 Å². The van der Waals surface area contributed by atoms with Crippen LogP contribution in [0.25, 0.3) is 0 Å². The van der Waals surface area contributed by atoms with Crippen LogP contribution in [0, 0.1) is 0 Å². The van der Waals surface area contributed by atoms with Gasteiger partial charge in [-0.15, -0.1) is 0 Å². The van der Waals surface area contributed by atoms with E-state index in [1.807, 2.05) is 5.01 Å². The summed E-state index contributed by atoms with van der Waals surface area (Å²) >= 11 is 3.45. The fraction of sp³-hybridized carbons (Fsp3) is 1.00. The fourth-order valence-corrected chi connectivity index (χ4v) is 1.44. The van der Waals surface area contributed by atoms with Gasteiger partial charge in [0.05, 0.1) is 4.95 Å². The quantitative estimate of drug-likeness (QED) is 0.342.